The zero-order valence-corrected chi connectivity index (χ0v) is 19.3. The van der Waals surface area contributed by atoms with Crippen LogP contribution < -0.4 is 10.6 Å². The molecule has 3 rings (SSSR count). The van der Waals surface area contributed by atoms with Gasteiger partial charge >= 0.3 is 0 Å². The molecule has 0 radical (unpaired) electrons. The van der Waals surface area contributed by atoms with E-state index in [1.165, 1.54) is 43.2 Å². The molecule has 3 N–H and O–H groups in total. The normalized spacial score (nSPS) is 19.5. The van der Waals surface area contributed by atoms with E-state index in [2.05, 4.69) is 46.7 Å². The van der Waals surface area contributed by atoms with Gasteiger partial charge in [-0.2, -0.15) is 0 Å². The number of nitrogens with one attached hydrogen (secondary N) is 2. The van der Waals surface area contributed by atoms with Crippen molar-refractivity contribution in [2.75, 3.05) is 32.8 Å². The Bertz CT molecular complexity index is 635. The monoisotopic (exact) mass is 430 g/mol. The van der Waals surface area contributed by atoms with Crippen molar-refractivity contribution in [1.82, 2.24) is 15.5 Å². The molecule has 31 heavy (non-hydrogen) atoms. The number of hydrogen-bond donors (Lipinski definition) is 3. The Morgan fingerprint density at radius 3 is 2.45 bits per heavy atom. The Balaban J connectivity index is 1.36. The van der Waals surface area contributed by atoms with Crippen molar-refractivity contribution in [2.45, 2.75) is 83.6 Å². The molecule has 1 saturated carbocycles. The lowest BCUT2D eigenvalue weighted by Gasteiger charge is -2.29. The summed E-state index contributed by atoms with van der Waals surface area (Å²) < 4.78 is 6.01. The number of ether oxygens (including phenoxy) is 1. The highest BCUT2D eigenvalue weighted by Gasteiger charge is 2.16. The van der Waals surface area contributed by atoms with Crippen molar-refractivity contribution in [3.63, 3.8) is 0 Å². The third kappa shape index (κ3) is 9.17. The van der Waals surface area contributed by atoms with E-state index in [0.717, 1.165) is 64.6 Å². The molecule has 174 valence electrons. The summed E-state index contributed by atoms with van der Waals surface area (Å²) >= 11 is 0. The second-order valence-corrected chi connectivity index (χ2v) is 8.93. The maximum atomic E-state index is 9.65. The van der Waals surface area contributed by atoms with Gasteiger partial charge in [-0.3, -0.25) is 4.90 Å². The number of piperidine rings is 1. The van der Waals surface area contributed by atoms with Crippen LogP contribution in [0.5, 0.6) is 0 Å². The molecule has 2 aliphatic rings. The third-order valence-corrected chi connectivity index (χ3v) is 6.27. The van der Waals surface area contributed by atoms with Gasteiger partial charge in [0, 0.05) is 39.3 Å². The van der Waals surface area contributed by atoms with Crippen molar-refractivity contribution < 1.29 is 9.84 Å². The molecule has 1 aliphatic heterocycles. The minimum absolute atomic E-state index is 0.111. The molecular weight excluding hydrogens is 388 g/mol. The van der Waals surface area contributed by atoms with Gasteiger partial charge < -0.3 is 20.5 Å². The van der Waals surface area contributed by atoms with Gasteiger partial charge in [0.2, 0.25) is 0 Å². The quantitative estimate of drug-likeness (QED) is 0.301. The predicted octanol–water partition coefficient (Wildman–Crippen LogP) is 3.44. The van der Waals surface area contributed by atoms with Crippen LogP contribution in [-0.4, -0.2) is 61.0 Å². The van der Waals surface area contributed by atoms with Gasteiger partial charge in [0.25, 0.3) is 0 Å². The standard InChI is InChI=1S/C25H42N4O2/c1-2-26-25(27-15-6-18-31-24-7-4-3-5-8-24)28-19-21-9-11-22(12-10-21)20-29-16-13-23(30)14-17-29/h9-12,23-24,30H,2-8,13-20H2,1H3,(H2,26,27,28). The summed E-state index contributed by atoms with van der Waals surface area (Å²) in [6, 6.07) is 8.77. The maximum Gasteiger partial charge on any atom is 0.191 e. The molecule has 1 saturated heterocycles. The smallest absolute Gasteiger partial charge is 0.191 e. The first-order valence-electron chi connectivity index (χ1n) is 12.3. The number of rotatable bonds is 10. The van der Waals surface area contributed by atoms with Crippen LogP contribution in [0.4, 0.5) is 0 Å². The fourth-order valence-corrected chi connectivity index (χ4v) is 4.36. The van der Waals surface area contributed by atoms with Gasteiger partial charge in [-0.25, -0.2) is 4.99 Å². The molecule has 0 aromatic heterocycles. The van der Waals surface area contributed by atoms with Crippen LogP contribution in [-0.2, 0) is 17.8 Å². The highest BCUT2D eigenvalue weighted by molar-refractivity contribution is 5.79. The SMILES string of the molecule is CCNC(=NCc1ccc(CN2CCC(O)CC2)cc1)NCCCOC1CCCCC1. The van der Waals surface area contributed by atoms with E-state index in [1.54, 1.807) is 0 Å². The molecule has 6 nitrogen and oxygen atoms in total. The molecule has 1 aliphatic carbocycles. The van der Waals surface area contributed by atoms with Crippen LogP contribution in [0.3, 0.4) is 0 Å². The van der Waals surface area contributed by atoms with E-state index in [1.807, 2.05) is 0 Å². The van der Waals surface area contributed by atoms with Gasteiger partial charge in [-0.05, 0) is 50.2 Å². The van der Waals surface area contributed by atoms with Crippen LogP contribution in [0.15, 0.2) is 29.3 Å². The van der Waals surface area contributed by atoms with E-state index in [0.29, 0.717) is 12.6 Å². The summed E-state index contributed by atoms with van der Waals surface area (Å²) in [5.74, 6) is 0.871. The average Bonchev–Trinajstić information content (AvgIpc) is 2.80. The van der Waals surface area contributed by atoms with Gasteiger partial charge in [0.05, 0.1) is 18.8 Å². The van der Waals surface area contributed by atoms with Crippen LogP contribution >= 0.6 is 0 Å². The lowest BCUT2D eigenvalue weighted by molar-refractivity contribution is 0.0277. The molecule has 0 bridgehead atoms. The van der Waals surface area contributed by atoms with Crippen LogP contribution in [0.1, 0.15) is 69.4 Å². The number of aliphatic hydroxyl groups excluding tert-OH is 1. The fourth-order valence-electron chi connectivity index (χ4n) is 4.36. The third-order valence-electron chi connectivity index (χ3n) is 6.27. The average molecular weight is 431 g/mol. The topological polar surface area (TPSA) is 69.1 Å². The lowest BCUT2D eigenvalue weighted by atomic mass is 9.98. The van der Waals surface area contributed by atoms with Gasteiger partial charge in [-0.15, -0.1) is 0 Å². The number of aliphatic imine (C=N–C) groups is 1. The van der Waals surface area contributed by atoms with Gasteiger partial charge in [-0.1, -0.05) is 43.5 Å². The Kier molecular flexibility index (Phi) is 10.6. The number of aliphatic hydroxyl groups is 1. The number of likely N-dealkylation sites (tertiary alicyclic amines) is 1. The van der Waals surface area contributed by atoms with Gasteiger partial charge in [0.15, 0.2) is 5.96 Å². The minimum Gasteiger partial charge on any atom is -0.393 e. The maximum absolute atomic E-state index is 9.65. The second kappa shape index (κ2) is 13.7. The number of benzene rings is 1. The summed E-state index contributed by atoms with van der Waals surface area (Å²) in [6.45, 7) is 8.25. The Morgan fingerprint density at radius 1 is 1.03 bits per heavy atom. The molecule has 0 atom stereocenters. The number of hydrogen-bond acceptors (Lipinski definition) is 4. The predicted molar refractivity (Wildman–Crippen MR) is 127 cm³/mol. The van der Waals surface area contributed by atoms with Crippen LogP contribution in [0.25, 0.3) is 0 Å². The molecule has 0 amide bonds. The zero-order chi connectivity index (χ0) is 21.7. The van der Waals surface area contributed by atoms with Crippen molar-refractivity contribution in [3.8, 4) is 0 Å². The van der Waals surface area contributed by atoms with Crippen molar-refractivity contribution >= 4 is 5.96 Å². The first-order chi connectivity index (χ1) is 15.2. The highest BCUT2D eigenvalue weighted by atomic mass is 16.5. The molecule has 2 fully saturated rings. The molecule has 1 aromatic rings. The Hall–Kier alpha value is -1.63. The van der Waals surface area contributed by atoms with E-state index >= 15 is 0 Å². The molecule has 6 heteroatoms. The number of nitrogens with zero attached hydrogens (tertiary/aromatic N) is 2. The van der Waals surface area contributed by atoms with Crippen molar-refractivity contribution in [3.05, 3.63) is 35.4 Å². The Labute approximate surface area is 188 Å². The molecule has 1 heterocycles. The first-order valence-corrected chi connectivity index (χ1v) is 12.3. The van der Waals surface area contributed by atoms with Crippen molar-refractivity contribution in [2.24, 2.45) is 4.99 Å². The van der Waals surface area contributed by atoms with Crippen molar-refractivity contribution in [1.29, 1.82) is 0 Å². The second-order valence-electron chi connectivity index (χ2n) is 8.93. The van der Waals surface area contributed by atoms with E-state index in [-0.39, 0.29) is 6.10 Å². The molecule has 1 aromatic carbocycles. The summed E-state index contributed by atoms with van der Waals surface area (Å²) in [4.78, 5) is 7.16. The zero-order valence-electron chi connectivity index (χ0n) is 19.3. The largest absolute Gasteiger partial charge is 0.393 e. The van der Waals surface area contributed by atoms with Crippen LogP contribution in [0.2, 0.25) is 0 Å². The minimum atomic E-state index is -0.111. The van der Waals surface area contributed by atoms with Gasteiger partial charge in [0.1, 0.15) is 0 Å². The fraction of sp³-hybridized carbons (Fsp3) is 0.720. The summed E-state index contributed by atoms with van der Waals surface area (Å²) in [5.41, 5.74) is 2.54. The van der Waals surface area contributed by atoms with E-state index in [9.17, 15) is 5.11 Å². The first kappa shape index (κ1) is 24.0. The van der Waals surface area contributed by atoms with E-state index < -0.39 is 0 Å². The lowest BCUT2D eigenvalue weighted by Crippen LogP contribution is -2.38. The Morgan fingerprint density at radius 2 is 1.74 bits per heavy atom. The summed E-state index contributed by atoms with van der Waals surface area (Å²) in [7, 11) is 0. The summed E-state index contributed by atoms with van der Waals surface area (Å²) in [5, 5.41) is 16.4. The molecule has 0 unspecified atom stereocenters. The molecular formula is C25H42N4O2. The summed E-state index contributed by atoms with van der Waals surface area (Å²) in [6.07, 6.45) is 9.64. The van der Waals surface area contributed by atoms with Crippen LogP contribution in [0, 0.1) is 0 Å². The molecule has 0 spiro atoms. The number of guanidine groups is 1. The van der Waals surface area contributed by atoms with E-state index in [4.69, 9.17) is 9.73 Å². The highest BCUT2D eigenvalue weighted by Crippen LogP contribution is 2.20.